The van der Waals surface area contributed by atoms with Gasteiger partial charge in [-0.2, -0.15) is 0 Å². The first-order chi connectivity index (χ1) is 6.31. The zero-order valence-corrected chi connectivity index (χ0v) is 8.18. The predicted molar refractivity (Wildman–Crippen MR) is 51.3 cm³/mol. The minimum Gasteiger partial charge on any atom is -0.353 e. The molecule has 2 rings (SSSR count). The zero-order valence-electron chi connectivity index (χ0n) is 8.18. The molecule has 2 aliphatic rings. The second-order valence-corrected chi connectivity index (χ2v) is 4.21. The molecule has 1 saturated carbocycles. The minimum absolute atomic E-state index is 0.234. The van der Waals surface area contributed by atoms with Crippen molar-refractivity contribution < 1.29 is 4.79 Å². The number of nitrogens with one attached hydrogen (secondary N) is 2. The van der Waals surface area contributed by atoms with Crippen LogP contribution in [0.3, 0.4) is 0 Å². The lowest BCUT2D eigenvalue weighted by Gasteiger charge is -2.08. The molecule has 1 saturated heterocycles. The van der Waals surface area contributed by atoms with Crippen LogP contribution in [0.4, 0.5) is 0 Å². The molecule has 3 atom stereocenters. The normalized spacial score (nSPS) is 37.5. The van der Waals surface area contributed by atoms with E-state index in [0.717, 1.165) is 25.4 Å². The SMILES string of the molecule is CCC1CC1NC(=O)[C@@H]1CCNC1. The molecule has 0 aromatic rings. The Labute approximate surface area is 79.3 Å². The molecule has 3 heteroatoms. The van der Waals surface area contributed by atoms with Crippen LogP contribution in [0.1, 0.15) is 26.2 Å². The summed E-state index contributed by atoms with van der Waals surface area (Å²) >= 11 is 0. The number of hydrogen-bond acceptors (Lipinski definition) is 2. The first-order valence-electron chi connectivity index (χ1n) is 5.32. The molecule has 0 aromatic carbocycles. The standard InChI is InChI=1S/C10H18N2O/c1-2-7-5-9(7)12-10(13)8-3-4-11-6-8/h7-9,11H,2-6H2,1H3,(H,12,13)/t7?,8-,9?/m1/s1. The highest BCUT2D eigenvalue weighted by molar-refractivity contribution is 5.79. The summed E-state index contributed by atoms with van der Waals surface area (Å²) in [6.07, 6.45) is 3.41. The molecular formula is C10H18N2O. The van der Waals surface area contributed by atoms with Crippen LogP contribution in [0.5, 0.6) is 0 Å². The molecule has 3 nitrogen and oxygen atoms in total. The van der Waals surface area contributed by atoms with Crippen molar-refractivity contribution >= 4 is 5.91 Å². The Hall–Kier alpha value is -0.570. The molecule has 13 heavy (non-hydrogen) atoms. The molecule has 74 valence electrons. The quantitative estimate of drug-likeness (QED) is 0.667. The zero-order chi connectivity index (χ0) is 9.26. The van der Waals surface area contributed by atoms with E-state index in [9.17, 15) is 4.79 Å². The van der Waals surface area contributed by atoms with E-state index in [1.54, 1.807) is 0 Å². The smallest absolute Gasteiger partial charge is 0.224 e. The van der Waals surface area contributed by atoms with Crippen molar-refractivity contribution in [2.45, 2.75) is 32.2 Å². The van der Waals surface area contributed by atoms with Gasteiger partial charge in [0.05, 0.1) is 5.92 Å². The maximum absolute atomic E-state index is 11.6. The van der Waals surface area contributed by atoms with Gasteiger partial charge in [0.15, 0.2) is 0 Å². The lowest BCUT2D eigenvalue weighted by Crippen LogP contribution is -2.34. The maximum Gasteiger partial charge on any atom is 0.224 e. The molecule has 0 aromatic heterocycles. The average molecular weight is 182 g/mol. The lowest BCUT2D eigenvalue weighted by molar-refractivity contribution is -0.124. The fourth-order valence-corrected chi connectivity index (χ4v) is 2.05. The highest BCUT2D eigenvalue weighted by atomic mass is 16.2. The first-order valence-corrected chi connectivity index (χ1v) is 5.32. The van der Waals surface area contributed by atoms with Crippen LogP contribution in [0.25, 0.3) is 0 Å². The summed E-state index contributed by atoms with van der Waals surface area (Å²) in [6.45, 7) is 4.06. The second-order valence-electron chi connectivity index (χ2n) is 4.21. The Kier molecular flexibility index (Phi) is 2.54. The van der Waals surface area contributed by atoms with Crippen molar-refractivity contribution in [3.63, 3.8) is 0 Å². The van der Waals surface area contributed by atoms with Gasteiger partial charge in [-0.3, -0.25) is 4.79 Å². The second kappa shape index (κ2) is 3.66. The van der Waals surface area contributed by atoms with Gasteiger partial charge >= 0.3 is 0 Å². The van der Waals surface area contributed by atoms with Gasteiger partial charge in [0.1, 0.15) is 0 Å². The summed E-state index contributed by atoms with van der Waals surface area (Å²) in [4.78, 5) is 11.6. The lowest BCUT2D eigenvalue weighted by atomic mass is 10.1. The largest absolute Gasteiger partial charge is 0.353 e. The molecule has 1 aliphatic heterocycles. The predicted octanol–water partition coefficient (Wildman–Crippen LogP) is 0.511. The summed E-state index contributed by atoms with van der Waals surface area (Å²) < 4.78 is 0. The maximum atomic E-state index is 11.6. The molecule has 1 aliphatic carbocycles. The molecule has 0 radical (unpaired) electrons. The van der Waals surface area contributed by atoms with Crippen LogP contribution in [-0.2, 0) is 4.79 Å². The molecule has 0 bridgehead atoms. The van der Waals surface area contributed by atoms with Gasteiger partial charge in [-0.15, -0.1) is 0 Å². The number of carbonyl (C=O) groups is 1. The van der Waals surface area contributed by atoms with Crippen LogP contribution < -0.4 is 10.6 Å². The molecule has 1 heterocycles. The van der Waals surface area contributed by atoms with Gasteiger partial charge in [0.2, 0.25) is 5.91 Å². The van der Waals surface area contributed by atoms with Crippen molar-refractivity contribution in [1.82, 2.24) is 10.6 Å². The van der Waals surface area contributed by atoms with E-state index >= 15 is 0 Å². The summed E-state index contributed by atoms with van der Waals surface area (Å²) in [6, 6.07) is 0.498. The molecule has 1 amide bonds. The Morgan fingerprint density at radius 3 is 3.00 bits per heavy atom. The highest BCUT2D eigenvalue weighted by Crippen LogP contribution is 2.33. The van der Waals surface area contributed by atoms with Crippen LogP contribution in [0.15, 0.2) is 0 Å². The topological polar surface area (TPSA) is 41.1 Å². The van der Waals surface area contributed by atoms with Gasteiger partial charge in [-0.05, 0) is 25.3 Å². The van der Waals surface area contributed by atoms with Crippen molar-refractivity contribution in [2.24, 2.45) is 11.8 Å². The number of hydrogen-bond donors (Lipinski definition) is 2. The molecule has 0 spiro atoms. The van der Waals surface area contributed by atoms with Gasteiger partial charge in [-0.25, -0.2) is 0 Å². The van der Waals surface area contributed by atoms with Crippen molar-refractivity contribution in [3.8, 4) is 0 Å². The van der Waals surface area contributed by atoms with E-state index in [0.29, 0.717) is 6.04 Å². The fourth-order valence-electron chi connectivity index (χ4n) is 2.05. The highest BCUT2D eigenvalue weighted by Gasteiger charge is 2.37. The molecule has 2 fully saturated rings. The van der Waals surface area contributed by atoms with E-state index in [4.69, 9.17) is 0 Å². The average Bonchev–Trinajstić information content (AvgIpc) is 2.68. The third kappa shape index (κ3) is 2.02. The minimum atomic E-state index is 0.234. The summed E-state index contributed by atoms with van der Waals surface area (Å²) in [7, 11) is 0. The number of carbonyl (C=O) groups excluding carboxylic acids is 1. The van der Waals surface area contributed by atoms with Gasteiger partial charge in [0, 0.05) is 12.6 Å². The van der Waals surface area contributed by atoms with Crippen molar-refractivity contribution in [1.29, 1.82) is 0 Å². The third-order valence-corrected chi connectivity index (χ3v) is 3.21. The third-order valence-electron chi connectivity index (χ3n) is 3.21. The van der Waals surface area contributed by atoms with Crippen LogP contribution in [0.2, 0.25) is 0 Å². The van der Waals surface area contributed by atoms with E-state index in [1.165, 1.54) is 12.8 Å². The molecular weight excluding hydrogens is 164 g/mol. The Balaban J connectivity index is 1.72. The van der Waals surface area contributed by atoms with E-state index in [1.807, 2.05) is 0 Å². The Morgan fingerprint density at radius 2 is 2.46 bits per heavy atom. The van der Waals surface area contributed by atoms with Crippen LogP contribution in [-0.4, -0.2) is 25.0 Å². The van der Waals surface area contributed by atoms with Crippen molar-refractivity contribution in [3.05, 3.63) is 0 Å². The monoisotopic (exact) mass is 182 g/mol. The number of rotatable bonds is 3. The van der Waals surface area contributed by atoms with E-state index in [-0.39, 0.29) is 11.8 Å². The molecule has 2 unspecified atom stereocenters. The summed E-state index contributed by atoms with van der Waals surface area (Å²) in [5.41, 5.74) is 0. The first kappa shape index (κ1) is 9.00. The van der Waals surface area contributed by atoms with E-state index in [2.05, 4.69) is 17.6 Å². The Morgan fingerprint density at radius 1 is 1.62 bits per heavy atom. The Bertz CT molecular complexity index is 199. The van der Waals surface area contributed by atoms with Crippen LogP contribution in [0, 0.1) is 11.8 Å². The van der Waals surface area contributed by atoms with Crippen molar-refractivity contribution in [2.75, 3.05) is 13.1 Å². The molecule has 2 N–H and O–H groups in total. The number of amides is 1. The van der Waals surface area contributed by atoms with Gasteiger partial charge < -0.3 is 10.6 Å². The van der Waals surface area contributed by atoms with Crippen LogP contribution >= 0.6 is 0 Å². The van der Waals surface area contributed by atoms with E-state index < -0.39 is 0 Å². The summed E-state index contributed by atoms with van der Waals surface area (Å²) in [5.74, 6) is 1.27. The summed E-state index contributed by atoms with van der Waals surface area (Å²) in [5, 5.41) is 6.33. The fraction of sp³-hybridized carbons (Fsp3) is 0.900. The van der Waals surface area contributed by atoms with Gasteiger partial charge in [-0.1, -0.05) is 13.3 Å². The van der Waals surface area contributed by atoms with Gasteiger partial charge in [0.25, 0.3) is 0 Å².